The first kappa shape index (κ1) is 19.8. The van der Waals surface area contributed by atoms with E-state index in [1.807, 2.05) is 12.5 Å². The van der Waals surface area contributed by atoms with Gasteiger partial charge in [0.25, 0.3) is 0 Å². The molecule has 4 aliphatic carbocycles. The van der Waals surface area contributed by atoms with Crippen LogP contribution in [-0.2, 0) is 23.3 Å². The van der Waals surface area contributed by atoms with Gasteiger partial charge in [-0.1, -0.05) is 54.6 Å². The predicted octanol–water partition coefficient (Wildman–Crippen LogP) is 5.09. The molecule has 4 saturated carbocycles. The van der Waals surface area contributed by atoms with E-state index in [4.69, 9.17) is 0 Å². The van der Waals surface area contributed by atoms with Crippen LogP contribution < -0.4 is 5.32 Å². The smallest absolute Gasteiger partial charge is 0.226 e. The van der Waals surface area contributed by atoms with Crippen LogP contribution in [0.5, 0.6) is 0 Å². The van der Waals surface area contributed by atoms with Gasteiger partial charge in [0.1, 0.15) is 0 Å². The van der Waals surface area contributed by atoms with E-state index in [0.29, 0.717) is 18.4 Å². The number of aromatic nitrogens is 2. The SMILES string of the molecule is O=C(NCc1ccccc1Cn1ccnc1)C12CC3CC(C1)CC(c1ccccc1)(C3)C2. The van der Waals surface area contributed by atoms with Crippen LogP contribution in [0.3, 0.4) is 0 Å². The minimum Gasteiger partial charge on any atom is -0.352 e. The van der Waals surface area contributed by atoms with E-state index < -0.39 is 0 Å². The van der Waals surface area contributed by atoms with Crippen LogP contribution in [0.25, 0.3) is 0 Å². The summed E-state index contributed by atoms with van der Waals surface area (Å²) in [5, 5.41) is 3.38. The summed E-state index contributed by atoms with van der Waals surface area (Å²) in [7, 11) is 0. The lowest BCUT2D eigenvalue weighted by molar-refractivity contribution is -0.149. The number of amides is 1. The Hall–Kier alpha value is -2.88. The number of hydrogen-bond donors (Lipinski definition) is 1. The summed E-state index contributed by atoms with van der Waals surface area (Å²) in [5.74, 6) is 1.66. The molecule has 32 heavy (non-hydrogen) atoms. The van der Waals surface area contributed by atoms with Crippen molar-refractivity contribution in [2.45, 2.75) is 57.0 Å². The summed E-state index contributed by atoms with van der Waals surface area (Å²) in [6.45, 7) is 1.37. The van der Waals surface area contributed by atoms with Crippen molar-refractivity contribution < 1.29 is 4.79 Å². The summed E-state index contributed by atoms with van der Waals surface area (Å²) >= 11 is 0. The maximum absolute atomic E-state index is 13.7. The van der Waals surface area contributed by atoms with Crippen molar-refractivity contribution in [1.82, 2.24) is 14.9 Å². The largest absolute Gasteiger partial charge is 0.352 e. The van der Waals surface area contributed by atoms with E-state index >= 15 is 0 Å². The van der Waals surface area contributed by atoms with Gasteiger partial charge in [0, 0.05) is 25.5 Å². The molecular weight excluding hydrogens is 394 g/mol. The number of hydrogen-bond acceptors (Lipinski definition) is 2. The molecule has 0 aliphatic heterocycles. The summed E-state index contributed by atoms with van der Waals surface area (Å²) < 4.78 is 2.07. The molecule has 2 atom stereocenters. The number of rotatable bonds is 6. The lowest BCUT2D eigenvalue weighted by atomic mass is 9.42. The highest BCUT2D eigenvalue weighted by atomic mass is 16.2. The maximum Gasteiger partial charge on any atom is 0.226 e. The third-order valence-electron chi connectivity index (χ3n) is 8.40. The molecule has 4 aliphatic rings. The Morgan fingerprint density at radius 2 is 1.69 bits per heavy atom. The lowest BCUT2D eigenvalue weighted by Gasteiger charge is -2.61. The topological polar surface area (TPSA) is 46.9 Å². The van der Waals surface area contributed by atoms with Gasteiger partial charge in [-0.3, -0.25) is 4.79 Å². The van der Waals surface area contributed by atoms with Crippen LogP contribution >= 0.6 is 0 Å². The van der Waals surface area contributed by atoms with Gasteiger partial charge < -0.3 is 9.88 Å². The van der Waals surface area contributed by atoms with Crippen molar-refractivity contribution >= 4 is 5.91 Å². The number of nitrogens with zero attached hydrogens (tertiary/aromatic N) is 2. The van der Waals surface area contributed by atoms with Crippen molar-refractivity contribution in [3.05, 3.63) is 90.0 Å². The van der Waals surface area contributed by atoms with Gasteiger partial charge >= 0.3 is 0 Å². The van der Waals surface area contributed by atoms with Crippen LogP contribution in [0.1, 0.15) is 55.2 Å². The molecule has 0 saturated heterocycles. The molecule has 164 valence electrons. The quantitative estimate of drug-likeness (QED) is 0.598. The summed E-state index contributed by atoms with van der Waals surface area (Å²) in [5.41, 5.74) is 3.88. The first-order valence-corrected chi connectivity index (χ1v) is 12.0. The molecular formula is C28H31N3O. The molecule has 4 heteroatoms. The molecule has 2 unspecified atom stereocenters. The highest BCUT2D eigenvalue weighted by molar-refractivity contribution is 5.83. The van der Waals surface area contributed by atoms with E-state index in [1.165, 1.54) is 36.0 Å². The minimum atomic E-state index is -0.195. The molecule has 0 spiro atoms. The van der Waals surface area contributed by atoms with Gasteiger partial charge in [-0.25, -0.2) is 4.98 Å². The minimum absolute atomic E-state index is 0.195. The van der Waals surface area contributed by atoms with E-state index in [2.05, 4.69) is 69.5 Å². The Kier molecular flexibility index (Phi) is 4.71. The van der Waals surface area contributed by atoms with Crippen LogP contribution in [0.2, 0.25) is 0 Å². The monoisotopic (exact) mass is 425 g/mol. The van der Waals surface area contributed by atoms with Crippen molar-refractivity contribution in [3.63, 3.8) is 0 Å². The summed E-state index contributed by atoms with van der Waals surface area (Å²) in [6.07, 6.45) is 12.6. The number of benzene rings is 2. The van der Waals surface area contributed by atoms with Crippen LogP contribution in [0.4, 0.5) is 0 Å². The second-order valence-electron chi connectivity index (χ2n) is 10.6. The molecule has 4 fully saturated rings. The van der Waals surface area contributed by atoms with Gasteiger partial charge in [0.2, 0.25) is 5.91 Å². The molecule has 0 radical (unpaired) electrons. The molecule has 1 N–H and O–H groups in total. The summed E-state index contributed by atoms with van der Waals surface area (Å²) in [4.78, 5) is 17.9. The van der Waals surface area contributed by atoms with Crippen molar-refractivity contribution in [2.75, 3.05) is 0 Å². The normalized spacial score (nSPS) is 30.4. The molecule has 4 nitrogen and oxygen atoms in total. The van der Waals surface area contributed by atoms with E-state index in [-0.39, 0.29) is 16.7 Å². The lowest BCUT2D eigenvalue weighted by Crippen LogP contribution is -2.59. The van der Waals surface area contributed by atoms with Gasteiger partial charge in [0.15, 0.2) is 0 Å². The first-order valence-electron chi connectivity index (χ1n) is 12.0. The van der Waals surface area contributed by atoms with Gasteiger partial charge in [-0.05, 0) is 72.5 Å². The zero-order valence-electron chi connectivity index (χ0n) is 18.5. The Morgan fingerprint density at radius 1 is 0.969 bits per heavy atom. The zero-order chi connectivity index (χ0) is 21.6. The highest BCUT2D eigenvalue weighted by Gasteiger charge is 2.60. The van der Waals surface area contributed by atoms with E-state index in [0.717, 1.165) is 25.8 Å². The molecule has 2 aromatic carbocycles. The molecule has 4 bridgehead atoms. The second kappa shape index (κ2) is 7.61. The Labute approximate surface area is 190 Å². The molecule has 3 aromatic rings. The Bertz CT molecular complexity index is 1090. The number of nitrogens with one attached hydrogen (secondary N) is 1. The average Bonchev–Trinajstić information content (AvgIpc) is 3.31. The second-order valence-corrected chi connectivity index (χ2v) is 10.6. The molecule has 1 amide bonds. The fraction of sp³-hybridized carbons (Fsp3) is 0.429. The average molecular weight is 426 g/mol. The van der Waals surface area contributed by atoms with E-state index in [1.54, 1.807) is 6.20 Å². The van der Waals surface area contributed by atoms with Crippen molar-refractivity contribution in [1.29, 1.82) is 0 Å². The standard InChI is InChI=1S/C28H31N3O/c32-26(30-17-23-6-4-5-7-24(23)18-31-11-10-29-20-31)28-15-21-12-22(16-28)14-27(13-21,19-28)25-8-2-1-3-9-25/h1-11,20-22H,12-19H2,(H,30,32). The summed E-state index contributed by atoms with van der Waals surface area (Å²) in [6, 6.07) is 19.4. The number of imidazole rings is 1. The van der Waals surface area contributed by atoms with Gasteiger partial charge in [-0.15, -0.1) is 0 Å². The zero-order valence-corrected chi connectivity index (χ0v) is 18.5. The molecule has 1 heterocycles. The van der Waals surface area contributed by atoms with Crippen LogP contribution in [-0.4, -0.2) is 15.5 Å². The maximum atomic E-state index is 13.7. The fourth-order valence-corrected chi connectivity index (χ4v) is 7.48. The predicted molar refractivity (Wildman–Crippen MR) is 125 cm³/mol. The number of carbonyl (C=O) groups is 1. The van der Waals surface area contributed by atoms with E-state index in [9.17, 15) is 4.79 Å². The molecule has 1 aromatic heterocycles. The van der Waals surface area contributed by atoms with Gasteiger partial charge in [-0.2, -0.15) is 0 Å². The van der Waals surface area contributed by atoms with Crippen molar-refractivity contribution in [3.8, 4) is 0 Å². The van der Waals surface area contributed by atoms with Crippen LogP contribution in [0.15, 0.2) is 73.3 Å². The third-order valence-corrected chi connectivity index (χ3v) is 8.40. The fourth-order valence-electron chi connectivity index (χ4n) is 7.48. The molecule has 7 rings (SSSR count). The third kappa shape index (κ3) is 3.37. The Morgan fingerprint density at radius 3 is 2.41 bits per heavy atom. The Balaban J connectivity index is 1.22. The highest BCUT2D eigenvalue weighted by Crippen LogP contribution is 2.65. The first-order chi connectivity index (χ1) is 15.6. The number of carbonyl (C=O) groups excluding carboxylic acids is 1. The van der Waals surface area contributed by atoms with Gasteiger partial charge in [0.05, 0.1) is 11.7 Å². The van der Waals surface area contributed by atoms with Crippen molar-refractivity contribution in [2.24, 2.45) is 17.3 Å². The van der Waals surface area contributed by atoms with Crippen LogP contribution in [0, 0.1) is 17.3 Å².